The van der Waals surface area contributed by atoms with Crippen molar-refractivity contribution in [2.24, 2.45) is 0 Å². The number of aromatic amines is 1. The van der Waals surface area contributed by atoms with Crippen molar-refractivity contribution < 1.29 is 4.74 Å². The molecule has 1 N–H and O–H groups in total. The number of hydrogen-bond donors (Lipinski definition) is 1. The SMILES string of the molecule is Cc1nnc2cc(N3CC=CCC3)c(OCc3ncn[nH]3)nn12. The van der Waals surface area contributed by atoms with Crippen molar-refractivity contribution in [2.45, 2.75) is 20.0 Å². The predicted octanol–water partition coefficient (Wildman–Crippen LogP) is 0.896. The van der Waals surface area contributed by atoms with Crippen LogP contribution >= 0.6 is 0 Å². The predicted molar refractivity (Wildman–Crippen MR) is 82.2 cm³/mol. The Morgan fingerprint density at radius 1 is 1.30 bits per heavy atom. The average Bonchev–Trinajstić information content (AvgIpc) is 3.23. The lowest BCUT2D eigenvalue weighted by Gasteiger charge is -2.26. The van der Waals surface area contributed by atoms with E-state index in [1.165, 1.54) is 6.33 Å². The zero-order valence-corrected chi connectivity index (χ0v) is 12.7. The summed E-state index contributed by atoms with van der Waals surface area (Å²) in [7, 11) is 0. The van der Waals surface area contributed by atoms with Crippen LogP contribution in [-0.2, 0) is 6.61 Å². The number of aryl methyl sites for hydroxylation is 1. The van der Waals surface area contributed by atoms with Crippen LogP contribution in [0.25, 0.3) is 5.65 Å². The largest absolute Gasteiger partial charge is 0.467 e. The van der Waals surface area contributed by atoms with Gasteiger partial charge in [0.1, 0.15) is 18.6 Å². The molecule has 23 heavy (non-hydrogen) atoms. The fourth-order valence-electron chi connectivity index (χ4n) is 2.54. The number of ether oxygens (including phenoxy) is 1. The van der Waals surface area contributed by atoms with E-state index in [9.17, 15) is 0 Å². The molecule has 3 aromatic heterocycles. The summed E-state index contributed by atoms with van der Waals surface area (Å²) in [5.74, 6) is 1.90. The minimum Gasteiger partial charge on any atom is -0.467 e. The van der Waals surface area contributed by atoms with E-state index in [4.69, 9.17) is 4.74 Å². The first kappa shape index (κ1) is 13.7. The Morgan fingerprint density at radius 2 is 2.26 bits per heavy atom. The highest BCUT2D eigenvalue weighted by atomic mass is 16.5. The van der Waals surface area contributed by atoms with E-state index in [2.05, 4.69) is 47.5 Å². The van der Waals surface area contributed by atoms with Gasteiger partial charge in [0, 0.05) is 19.2 Å². The lowest BCUT2D eigenvalue weighted by Crippen LogP contribution is -2.27. The fourth-order valence-corrected chi connectivity index (χ4v) is 2.54. The van der Waals surface area contributed by atoms with E-state index >= 15 is 0 Å². The fraction of sp³-hybridized carbons (Fsp3) is 0.357. The van der Waals surface area contributed by atoms with E-state index in [1.807, 2.05) is 13.0 Å². The standard InChI is InChI=1S/C14H16N8O/c1-10-17-19-13-7-11(21-5-3-2-4-6-21)14(20-22(10)13)23-8-12-15-9-16-18-12/h2-3,7,9H,4-6,8H2,1H3,(H,15,16,18). The van der Waals surface area contributed by atoms with Crippen molar-refractivity contribution >= 4 is 11.3 Å². The van der Waals surface area contributed by atoms with E-state index in [1.54, 1.807) is 4.52 Å². The molecule has 3 aromatic rings. The third-order valence-corrected chi connectivity index (χ3v) is 3.71. The molecular formula is C14H16N8O. The third-order valence-electron chi connectivity index (χ3n) is 3.71. The summed E-state index contributed by atoms with van der Waals surface area (Å²) in [5.41, 5.74) is 1.62. The molecule has 4 heterocycles. The Hall–Kier alpha value is -2.97. The molecule has 0 aromatic carbocycles. The van der Waals surface area contributed by atoms with Crippen LogP contribution < -0.4 is 9.64 Å². The molecule has 0 radical (unpaired) electrons. The summed E-state index contributed by atoms with van der Waals surface area (Å²) >= 11 is 0. The maximum absolute atomic E-state index is 5.88. The lowest BCUT2D eigenvalue weighted by molar-refractivity contribution is 0.280. The van der Waals surface area contributed by atoms with Gasteiger partial charge in [-0.25, -0.2) is 4.98 Å². The molecule has 0 atom stereocenters. The van der Waals surface area contributed by atoms with Crippen molar-refractivity contribution in [3.63, 3.8) is 0 Å². The molecule has 0 saturated heterocycles. The molecule has 9 nitrogen and oxygen atoms in total. The van der Waals surface area contributed by atoms with Gasteiger partial charge in [-0.2, -0.15) is 9.61 Å². The number of rotatable bonds is 4. The van der Waals surface area contributed by atoms with Gasteiger partial charge >= 0.3 is 0 Å². The van der Waals surface area contributed by atoms with Gasteiger partial charge in [-0.05, 0) is 13.3 Å². The number of nitrogens with one attached hydrogen (secondary N) is 1. The molecule has 0 fully saturated rings. The summed E-state index contributed by atoms with van der Waals surface area (Å²) < 4.78 is 7.56. The first-order valence-corrected chi connectivity index (χ1v) is 7.41. The van der Waals surface area contributed by atoms with Gasteiger partial charge < -0.3 is 9.64 Å². The molecule has 4 rings (SSSR count). The molecule has 9 heteroatoms. The minimum absolute atomic E-state index is 0.274. The summed E-state index contributed by atoms with van der Waals surface area (Å²) in [4.78, 5) is 6.28. The second-order valence-corrected chi connectivity index (χ2v) is 5.28. The average molecular weight is 312 g/mol. The summed E-state index contributed by atoms with van der Waals surface area (Å²) in [6.45, 7) is 3.87. The van der Waals surface area contributed by atoms with Crippen LogP contribution in [0.2, 0.25) is 0 Å². The highest BCUT2D eigenvalue weighted by molar-refractivity contribution is 5.62. The number of anilines is 1. The van der Waals surface area contributed by atoms with Crippen molar-refractivity contribution in [1.29, 1.82) is 0 Å². The summed E-state index contributed by atoms with van der Waals surface area (Å²) in [6, 6.07) is 1.96. The zero-order valence-electron chi connectivity index (χ0n) is 12.7. The Morgan fingerprint density at radius 3 is 3.04 bits per heavy atom. The summed E-state index contributed by atoms with van der Waals surface area (Å²) in [5, 5.41) is 19.4. The van der Waals surface area contributed by atoms with E-state index in [0.717, 1.165) is 31.0 Å². The van der Waals surface area contributed by atoms with Gasteiger partial charge in [0.05, 0.1) is 0 Å². The second-order valence-electron chi connectivity index (χ2n) is 5.28. The van der Waals surface area contributed by atoms with E-state index in [-0.39, 0.29) is 6.61 Å². The highest BCUT2D eigenvalue weighted by Gasteiger charge is 2.18. The van der Waals surface area contributed by atoms with Crippen LogP contribution in [0, 0.1) is 6.92 Å². The Balaban J connectivity index is 1.71. The topological polar surface area (TPSA) is 97.1 Å². The minimum atomic E-state index is 0.274. The molecule has 0 saturated carbocycles. The van der Waals surface area contributed by atoms with Crippen LogP contribution in [-0.4, -0.2) is 48.1 Å². The van der Waals surface area contributed by atoms with Crippen LogP contribution in [0.4, 0.5) is 5.69 Å². The van der Waals surface area contributed by atoms with Crippen LogP contribution in [0.3, 0.4) is 0 Å². The van der Waals surface area contributed by atoms with E-state index < -0.39 is 0 Å². The third kappa shape index (κ3) is 2.60. The van der Waals surface area contributed by atoms with Crippen molar-refractivity contribution in [3.05, 3.63) is 36.2 Å². The highest BCUT2D eigenvalue weighted by Crippen LogP contribution is 2.29. The van der Waals surface area contributed by atoms with Gasteiger partial charge in [0.15, 0.2) is 17.3 Å². The number of nitrogens with zero attached hydrogens (tertiary/aromatic N) is 7. The molecule has 1 aliphatic heterocycles. The number of H-pyrrole nitrogens is 1. The molecule has 0 unspecified atom stereocenters. The smallest absolute Gasteiger partial charge is 0.256 e. The van der Waals surface area contributed by atoms with Gasteiger partial charge in [-0.15, -0.1) is 15.3 Å². The van der Waals surface area contributed by atoms with Gasteiger partial charge in [-0.1, -0.05) is 12.2 Å². The van der Waals surface area contributed by atoms with Crippen molar-refractivity contribution in [3.8, 4) is 5.88 Å². The zero-order chi connectivity index (χ0) is 15.6. The number of hydrogen-bond acceptors (Lipinski definition) is 7. The maximum Gasteiger partial charge on any atom is 0.256 e. The normalized spacial score (nSPS) is 14.6. The summed E-state index contributed by atoms with van der Waals surface area (Å²) in [6.07, 6.45) is 6.77. The Labute approximate surface area is 132 Å². The molecule has 0 aliphatic carbocycles. The van der Waals surface area contributed by atoms with E-state index in [0.29, 0.717) is 17.4 Å². The molecule has 0 spiro atoms. The molecule has 118 valence electrons. The van der Waals surface area contributed by atoms with Crippen LogP contribution in [0.5, 0.6) is 5.88 Å². The monoisotopic (exact) mass is 312 g/mol. The van der Waals surface area contributed by atoms with Gasteiger partial charge in [-0.3, -0.25) is 5.10 Å². The maximum atomic E-state index is 5.88. The quantitative estimate of drug-likeness (QED) is 0.715. The van der Waals surface area contributed by atoms with Gasteiger partial charge in [0.2, 0.25) is 0 Å². The first-order valence-electron chi connectivity index (χ1n) is 7.41. The second kappa shape index (κ2) is 5.67. The van der Waals surface area contributed by atoms with Crippen molar-refractivity contribution in [2.75, 3.05) is 18.0 Å². The molecule has 0 bridgehead atoms. The van der Waals surface area contributed by atoms with Crippen LogP contribution in [0.15, 0.2) is 24.5 Å². The van der Waals surface area contributed by atoms with Gasteiger partial charge in [0.25, 0.3) is 5.88 Å². The number of aromatic nitrogens is 7. The molecular weight excluding hydrogens is 296 g/mol. The molecule has 1 aliphatic rings. The van der Waals surface area contributed by atoms with Crippen molar-refractivity contribution in [1.82, 2.24) is 35.0 Å². The first-order chi connectivity index (χ1) is 11.3. The Bertz CT molecular complexity index is 838. The molecule has 0 amide bonds. The number of fused-ring (bicyclic) bond motifs is 1. The lowest BCUT2D eigenvalue weighted by atomic mass is 10.2. The van der Waals surface area contributed by atoms with Crippen LogP contribution in [0.1, 0.15) is 18.1 Å². The Kier molecular flexibility index (Phi) is 3.37.